The minimum Gasteiger partial charge on any atom is -0.348 e. The lowest BCUT2D eigenvalue weighted by molar-refractivity contribution is -0.226. The second-order valence-corrected chi connectivity index (χ2v) is 5.46. The van der Waals surface area contributed by atoms with Gasteiger partial charge in [-0.25, -0.2) is 0 Å². The average molecular weight is 220 g/mol. The van der Waals surface area contributed by atoms with E-state index < -0.39 is 0 Å². The van der Waals surface area contributed by atoms with Gasteiger partial charge in [-0.3, -0.25) is 0 Å². The summed E-state index contributed by atoms with van der Waals surface area (Å²) in [5.74, 6) is 0. The molecule has 88 valence electrons. The van der Waals surface area contributed by atoms with E-state index in [1.807, 2.05) is 0 Å². The Morgan fingerprint density at radius 1 is 1.06 bits per heavy atom. The highest BCUT2D eigenvalue weighted by atomic mass is 16.7. The highest BCUT2D eigenvalue weighted by Gasteiger charge is 2.29. The molecule has 0 spiro atoms. The van der Waals surface area contributed by atoms with Gasteiger partial charge in [0.2, 0.25) is 0 Å². The van der Waals surface area contributed by atoms with Crippen LogP contribution in [0.1, 0.15) is 36.8 Å². The van der Waals surface area contributed by atoms with Crippen LogP contribution in [0.15, 0.2) is 18.2 Å². The van der Waals surface area contributed by atoms with E-state index in [0.717, 1.165) is 18.8 Å². The van der Waals surface area contributed by atoms with Crippen LogP contribution in [0.2, 0.25) is 0 Å². The molecule has 1 saturated heterocycles. The van der Waals surface area contributed by atoms with E-state index in [9.17, 15) is 0 Å². The third-order valence-electron chi connectivity index (χ3n) is 3.05. The predicted molar refractivity (Wildman–Crippen MR) is 64.3 cm³/mol. The Hall–Kier alpha value is -0.860. The van der Waals surface area contributed by atoms with Gasteiger partial charge in [0.1, 0.15) is 0 Å². The number of ether oxygens (including phenoxy) is 2. The maximum atomic E-state index is 5.75. The SMILES string of the molecule is Cc1ccc(C2OCC(C)(C)CO2)cc1C. The fourth-order valence-corrected chi connectivity index (χ4v) is 1.80. The maximum absolute atomic E-state index is 5.75. The van der Waals surface area contributed by atoms with Gasteiger partial charge in [0.05, 0.1) is 13.2 Å². The summed E-state index contributed by atoms with van der Waals surface area (Å²) in [6.07, 6.45) is -0.188. The Morgan fingerprint density at radius 3 is 2.25 bits per heavy atom. The monoisotopic (exact) mass is 220 g/mol. The van der Waals surface area contributed by atoms with E-state index in [2.05, 4.69) is 45.9 Å². The summed E-state index contributed by atoms with van der Waals surface area (Å²) in [6, 6.07) is 6.36. The molecule has 0 unspecified atom stereocenters. The molecule has 0 atom stereocenters. The van der Waals surface area contributed by atoms with Gasteiger partial charge in [-0.2, -0.15) is 0 Å². The molecule has 0 aromatic heterocycles. The van der Waals surface area contributed by atoms with E-state index >= 15 is 0 Å². The van der Waals surface area contributed by atoms with Crippen LogP contribution >= 0.6 is 0 Å². The van der Waals surface area contributed by atoms with Gasteiger partial charge in [0.25, 0.3) is 0 Å². The van der Waals surface area contributed by atoms with Gasteiger partial charge >= 0.3 is 0 Å². The molecule has 0 amide bonds. The van der Waals surface area contributed by atoms with Crippen molar-refractivity contribution in [3.8, 4) is 0 Å². The van der Waals surface area contributed by atoms with Gasteiger partial charge < -0.3 is 9.47 Å². The van der Waals surface area contributed by atoms with Crippen molar-refractivity contribution in [2.75, 3.05) is 13.2 Å². The minimum absolute atomic E-state index is 0.135. The highest BCUT2D eigenvalue weighted by molar-refractivity contribution is 5.30. The maximum Gasteiger partial charge on any atom is 0.183 e. The Labute approximate surface area is 97.6 Å². The smallest absolute Gasteiger partial charge is 0.183 e. The van der Waals surface area contributed by atoms with Gasteiger partial charge in [0.15, 0.2) is 6.29 Å². The number of benzene rings is 1. The van der Waals surface area contributed by atoms with Gasteiger partial charge in [-0.1, -0.05) is 32.0 Å². The van der Waals surface area contributed by atoms with Crippen molar-refractivity contribution in [1.82, 2.24) is 0 Å². The lowest BCUT2D eigenvalue weighted by Gasteiger charge is -2.34. The molecule has 1 heterocycles. The minimum atomic E-state index is -0.188. The standard InChI is InChI=1S/C14H20O2/c1-10-5-6-12(7-11(10)2)13-15-8-14(3,4)9-16-13/h5-7,13H,8-9H2,1-4H3. The van der Waals surface area contributed by atoms with Crippen molar-refractivity contribution in [2.24, 2.45) is 5.41 Å². The van der Waals surface area contributed by atoms with Gasteiger partial charge in [0, 0.05) is 11.0 Å². The molecule has 0 radical (unpaired) electrons. The van der Waals surface area contributed by atoms with Gasteiger partial charge in [-0.15, -0.1) is 0 Å². The summed E-state index contributed by atoms with van der Waals surface area (Å²) < 4.78 is 11.5. The first-order chi connectivity index (χ1) is 7.48. The number of aryl methyl sites for hydroxylation is 2. The molecule has 0 bridgehead atoms. The fraction of sp³-hybridized carbons (Fsp3) is 0.571. The molecule has 2 nitrogen and oxygen atoms in total. The molecule has 1 aromatic carbocycles. The summed E-state index contributed by atoms with van der Waals surface area (Å²) >= 11 is 0. The molecule has 0 saturated carbocycles. The van der Waals surface area contributed by atoms with Crippen LogP contribution in [0.5, 0.6) is 0 Å². The van der Waals surface area contributed by atoms with Crippen LogP contribution in [0.3, 0.4) is 0 Å². The molecule has 2 heteroatoms. The topological polar surface area (TPSA) is 18.5 Å². The second-order valence-electron chi connectivity index (χ2n) is 5.46. The molecule has 1 aliphatic rings. The van der Waals surface area contributed by atoms with Crippen LogP contribution in [-0.2, 0) is 9.47 Å². The van der Waals surface area contributed by atoms with Crippen molar-refractivity contribution in [2.45, 2.75) is 34.0 Å². The average Bonchev–Trinajstić information content (AvgIpc) is 2.22. The van der Waals surface area contributed by atoms with Crippen molar-refractivity contribution < 1.29 is 9.47 Å². The molecule has 2 rings (SSSR count). The van der Waals surface area contributed by atoms with Crippen molar-refractivity contribution >= 4 is 0 Å². The fourth-order valence-electron chi connectivity index (χ4n) is 1.80. The van der Waals surface area contributed by atoms with Crippen LogP contribution in [-0.4, -0.2) is 13.2 Å². The Kier molecular flexibility index (Phi) is 3.04. The first kappa shape index (κ1) is 11.6. The largest absolute Gasteiger partial charge is 0.348 e. The Morgan fingerprint density at radius 2 is 1.69 bits per heavy atom. The molecule has 1 fully saturated rings. The van der Waals surface area contributed by atoms with Gasteiger partial charge in [-0.05, 0) is 25.0 Å². The van der Waals surface area contributed by atoms with E-state index in [4.69, 9.17) is 9.47 Å². The summed E-state index contributed by atoms with van der Waals surface area (Å²) in [6.45, 7) is 10.1. The first-order valence-corrected chi connectivity index (χ1v) is 5.78. The number of hydrogen-bond donors (Lipinski definition) is 0. The van der Waals surface area contributed by atoms with Crippen LogP contribution < -0.4 is 0 Å². The summed E-state index contributed by atoms with van der Waals surface area (Å²) in [5.41, 5.74) is 3.85. The predicted octanol–water partition coefficient (Wildman–Crippen LogP) is 3.38. The van der Waals surface area contributed by atoms with E-state index in [1.54, 1.807) is 0 Å². The lowest BCUT2D eigenvalue weighted by Crippen LogP contribution is -2.33. The highest BCUT2D eigenvalue weighted by Crippen LogP contribution is 2.31. The number of rotatable bonds is 1. The second kappa shape index (κ2) is 4.19. The molecule has 0 N–H and O–H groups in total. The lowest BCUT2D eigenvalue weighted by atomic mass is 9.95. The quantitative estimate of drug-likeness (QED) is 0.722. The summed E-state index contributed by atoms with van der Waals surface area (Å²) in [5, 5.41) is 0. The third kappa shape index (κ3) is 2.45. The van der Waals surface area contributed by atoms with Crippen molar-refractivity contribution in [3.05, 3.63) is 34.9 Å². The van der Waals surface area contributed by atoms with Crippen molar-refractivity contribution in [3.63, 3.8) is 0 Å². The Balaban J connectivity index is 2.11. The first-order valence-electron chi connectivity index (χ1n) is 5.78. The molecular weight excluding hydrogens is 200 g/mol. The summed E-state index contributed by atoms with van der Waals surface area (Å²) in [4.78, 5) is 0. The molecule has 1 aliphatic heterocycles. The molecule has 0 aliphatic carbocycles. The Bertz CT molecular complexity index is 372. The van der Waals surface area contributed by atoms with Crippen LogP contribution in [0.25, 0.3) is 0 Å². The zero-order valence-electron chi connectivity index (χ0n) is 10.5. The number of hydrogen-bond acceptors (Lipinski definition) is 2. The molecular formula is C14H20O2. The van der Waals surface area contributed by atoms with Crippen LogP contribution in [0, 0.1) is 19.3 Å². The molecule has 16 heavy (non-hydrogen) atoms. The summed E-state index contributed by atoms with van der Waals surface area (Å²) in [7, 11) is 0. The van der Waals surface area contributed by atoms with Crippen molar-refractivity contribution in [1.29, 1.82) is 0 Å². The zero-order chi connectivity index (χ0) is 11.8. The van der Waals surface area contributed by atoms with E-state index in [1.165, 1.54) is 11.1 Å². The van der Waals surface area contributed by atoms with E-state index in [0.29, 0.717) is 0 Å². The van der Waals surface area contributed by atoms with E-state index in [-0.39, 0.29) is 11.7 Å². The molecule has 1 aromatic rings. The third-order valence-corrected chi connectivity index (χ3v) is 3.05. The normalized spacial score (nSPS) is 21.0. The zero-order valence-corrected chi connectivity index (χ0v) is 10.5. The van der Waals surface area contributed by atoms with Crippen LogP contribution in [0.4, 0.5) is 0 Å².